The first kappa shape index (κ1) is 34.2. The zero-order chi connectivity index (χ0) is 29.8. The van der Waals surface area contributed by atoms with Crippen LogP contribution in [-0.2, 0) is 4.79 Å². The molecule has 0 bridgehead atoms. The van der Waals surface area contributed by atoms with Crippen molar-refractivity contribution < 1.29 is 94.1 Å². The first-order valence-corrected chi connectivity index (χ1v) is 8.70. The molecule has 0 aliphatic heterocycles. The molecule has 36 heavy (non-hydrogen) atoms. The van der Waals surface area contributed by atoms with Crippen LogP contribution in [0.15, 0.2) is 0 Å². The highest BCUT2D eigenvalue weighted by molar-refractivity contribution is 5.67. The zero-order valence-corrected chi connectivity index (χ0v) is 17.4. The van der Waals surface area contributed by atoms with Crippen LogP contribution in [0.5, 0.6) is 0 Å². The Kier molecular flexibility index (Phi) is 8.73. The summed E-state index contributed by atoms with van der Waals surface area (Å²) < 4.78 is 223. The monoisotopic (exact) mass is 580 g/mol. The number of aliphatic carboxylic acids is 1. The van der Waals surface area contributed by atoms with Crippen LogP contribution in [0.3, 0.4) is 0 Å². The smallest absolute Gasteiger partial charge is 0.460 e. The molecule has 0 aromatic rings. The van der Waals surface area contributed by atoms with Crippen molar-refractivity contribution in [1.82, 2.24) is 0 Å². The highest BCUT2D eigenvalue weighted by atomic mass is 19.4. The van der Waals surface area contributed by atoms with E-state index >= 15 is 0 Å². The minimum absolute atomic E-state index is 0.833. The molecule has 21 heteroatoms. The minimum Gasteiger partial charge on any atom is -0.477 e. The number of rotatable bonds is 12. The number of carbonyl (C=O) groups is 1. The maximum Gasteiger partial charge on any atom is 0.460 e. The summed E-state index contributed by atoms with van der Waals surface area (Å²) in [7, 11) is 1.67. The van der Waals surface area contributed by atoms with Gasteiger partial charge in [0.2, 0.25) is 0 Å². The number of likely N-dealkylation sites (N-methyl/N-ethyl adjacent to an activating group) is 1. The topological polar surface area (TPSA) is 57.5 Å². The summed E-state index contributed by atoms with van der Waals surface area (Å²) in [5.74, 6) is -59.0. The Labute approximate surface area is 188 Å². The predicted octanol–water partition coefficient (Wildman–Crippen LogP) is 4.91. The average molecular weight is 580 g/mol. The Morgan fingerprint density at radius 3 is 1.25 bits per heavy atom. The molecule has 0 saturated carbocycles. The van der Waals surface area contributed by atoms with E-state index in [4.69, 9.17) is 5.11 Å². The van der Waals surface area contributed by atoms with E-state index < -0.39 is 83.7 Å². The average Bonchev–Trinajstić information content (AvgIpc) is 2.57. The molecule has 0 fully saturated rings. The van der Waals surface area contributed by atoms with Gasteiger partial charge in [-0.3, -0.25) is 0 Å². The summed E-state index contributed by atoms with van der Waals surface area (Å²) in [6.07, 6.45) is -13.8. The van der Waals surface area contributed by atoms with Gasteiger partial charge in [-0.1, -0.05) is 0 Å². The van der Waals surface area contributed by atoms with Gasteiger partial charge in [-0.25, -0.2) is 4.79 Å². The molecule has 216 valence electrons. The second-order valence-corrected chi connectivity index (χ2v) is 8.18. The molecule has 0 radical (unpaired) electrons. The van der Waals surface area contributed by atoms with E-state index in [9.17, 15) is 84.5 Å². The van der Waals surface area contributed by atoms with Crippen molar-refractivity contribution in [2.45, 2.75) is 60.2 Å². The van der Waals surface area contributed by atoms with Crippen molar-refractivity contribution in [3.8, 4) is 0 Å². The third-order valence-corrected chi connectivity index (χ3v) is 4.55. The minimum atomic E-state index is -8.72. The third kappa shape index (κ3) is 5.40. The summed E-state index contributed by atoms with van der Waals surface area (Å²) in [5.41, 5.74) is 0. The Balaban J connectivity index is 6.44. The van der Waals surface area contributed by atoms with Gasteiger partial charge < -0.3 is 14.7 Å². The molecular formula is C15H15F17NO3+. The van der Waals surface area contributed by atoms with Crippen molar-refractivity contribution in [1.29, 1.82) is 0 Å². The predicted molar refractivity (Wildman–Crippen MR) is 80.8 cm³/mol. The van der Waals surface area contributed by atoms with Crippen LogP contribution in [0.4, 0.5) is 74.6 Å². The highest BCUT2D eigenvalue weighted by Gasteiger charge is 2.95. The normalized spacial score (nSPS) is 16.8. The quantitative estimate of drug-likeness (QED) is 0.255. The lowest BCUT2D eigenvalue weighted by Gasteiger charge is -2.43. The lowest BCUT2D eigenvalue weighted by Crippen LogP contribution is -2.74. The van der Waals surface area contributed by atoms with Crippen molar-refractivity contribution in [2.24, 2.45) is 0 Å². The van der Waals surface area contributed by atoms with Crippen LogP contribution < -0.4 is 0 Å². The van der Waals surface area contributed by atoms with Gasteiger partial charge in [0.25, 0.3) is 0 Å². The SMILES string of the molecule is C[N+](C)(CC(=O)O)CC(O)CC(F)(F)C(F)(F)C(F)(F)C(F)(F)C(F)(F)C(F)(F)C(F)(F)C(F)(F)F. The maximum absolute atomic E-state index is 13.8. The lowest BCUT2D eigenvalue weighted by molar-refractivity contribution is -0.886. The standard InChI is InChI=1S/C15H14F17NO3/c1-33(2,5-7(35)36)4-6(34)3-8(16,17)9(18,19)10(20,21)11(22,23)12(24,25)13(26,27)14(28,29)15(30,31)32/h6,34H,3-5H2,1-2H3/p+1. The first-order valence-electron chi connectivity index (χ1n) is 8.70. The maximum atomic E-state index is 13.8. The van der Waals surface area contributed by atoms with Gasteiger partial charge in [0, 0.05) is 6.42 Å². The van der Waals surface area contributed by atoms with Gasteiger partial charge in [-0.05, 0) is 0 Å². The van der Waals surface area contributed by atoms with Gasteiger partial charge in [0.15, 0.2) is 6.54 Å². The fourth-order valence-corrected chi connectivity index (χ4v) is 2.69. The van der Waals surface area contributed by atoms with Crippen molar-refractivity contribution in [3.05, 3.63) is 0 Å². The summed E-state index contributed by atoms with van der Waals surface area (Å²) in [6.45, 7) is -2.35. The van der Waals surface area contributed by atoms with Gasteiger partial charge in [-0.15, -0.1) is 0 Å². The number of quaternary nitrogens is 1. The van der Waals surface area contributed by atoms with Gasteiger partial charge in [0.05, 0.1) is 14.1 Å². The number of nitrogens with zero attached hydrogens (tertiary/aromatic N) is 1. The third-order valence-electron chi connectivity index (χ3n) is 4.55. The van der Waals surface area contributed by atoms with E-state index in [1.54, 1.807) is 0 Å². The molecule has 0 saturated heterocycles. The van der Waals surface area contributed by atoms with E-state index in [0.29, 0.717) is 0 Å². The largest absolute Gasteiger partial charge is 0.477 e. The van der Waals surface area contributed by atoms with Crippen LogP contribution >= 0.6 is 0 Å². The van der Waals surface area contributed by atoms with Crippen molar-refractivity contribution in [3.63, 3.8) is 0 Å². The molecule has 1 unspecified atom stereocenters. The van der Waals surface area contributed by atoms with E-state index in [0.717, 1.165) is 14.1 Å². The zero-order valence-electron chi connectivity index (χ0n) is 17.4. The van der Waals surface area contributed by atoms with Crippen LogP contribution in [-0.4, -0.2) is 102 Å². The van der Waals surface area contributed by atoms with E-state index in [-0.39, 0.29) is 0 Å². The fraction of sp³-hybridized carbons (Fsp3) is 0.933. The molecule has 0 heterocycles. The number of aliphatic hydroxyl groups excluding tert-OH is 1. The fourth-order valence-electron chi connectivity index (χ4n) is 2.69. The molecule has 0 spiro atoms. The molecule has 0 aliphatic rings. The van der Waals surface area contributed by atoms with Gasteiger partial charge in [-0.2, -0.15) is 74.6 Å². The number of aliphatic hydroxyl groups is 1. The van der Waals surface area contributed by atoms with Gasteiger partial charge >= 0.3 is 53.6 Å². The Morgan fingerprint density at radius 1 is 0.639 bits per heavy atom. The molecule has 1 atom stereocenters. The molecule has 0 amide bonds. The van der Waals surface area contributed by atoms with Crippen LogP contribution in [0, 0.1) is 0 Å². The molecule has 2 N–H and O–H groups in total. The van der Waals surface area contributed by atoms with E-state index in [2.05, 4.69) is 0 Å². The Morgan fingerprint density at radius 2 is 0.944 bits per heavy atom. The second-order valence-electron chi connectivity index (χ2n) is 8.18. The summed E-state index contributed by atoms with van der Waals surface area (Å²) >= 11 is 0. The Hall–Kier alpha value is -1.80. The number of carboxylic acids is 1. The van der Waals surface area contributed by atoms with E-state index in [1.807, 2.05) is 0 Å². The van der Waals surface area contributed by atoms with Crippen molar-refractivity contribution in [2.75, 3.05) is 27.2 Å². The molecule has 0 aromatic heterocycles. The summed E-state index contributed by atoms with van der Waals surface area (Å²) in [6, 6.07) is 0. The van der Waals surface area contributed by atoms with Crippen molar-refractivity contribution >= 4 is 5.97 Å². The number of alkyl halides is 17. The number of hydrogen-bond acceptors (Lipinski definition) is 2. The second kappa shape index (κ2) is 9.19. The molecule has 0 rings (SSSR count). The van der Waals surface area contributed by atoms with Crippen LogP contribution in [0.2, 0.25) is 0 Å². The summed E-state index contributed by atoms with van der Waals surface area (Å²) in [5, 5.41) is 18.0. The van der Waals surface area contributed by atoms with Crippen LogP contribution in [0.1, 0.15) is 6.42 Å². The number of carboxylic acid groups (broad SMARTS) is 1. The number of hydrogen-bond donors (Lipinski definition) is 2. The molecule has 0 aliphatic carbocycles. The first-order chi connectivity index (χ1) is 15.3. The Bertz CT molecular complexity index is 806. The summed E-state index contributed by atoms with van der Waals surface area (Å²) in [4.78, 5) is 10.6. The van der Waals surface area contributed by atoms with Crippen LogP contribution in [0.25, 0.3) is 0 Å². The molecular weight excluding hydrogens is 565 g/mol. The highest BCUT2D eigenvalue weighted by Crippen LogP contribution is 2.64. The number of halogens is 17. The van der Waals surface area contributed by atoms with Gasteiger partial charge in [0.1, 0.15) is 12.6 Å². The lowest BCUT2D eigenvalue weighted by atomic mass is 9.87. The molecule has 0 aromatic carbocycles. The molecule has 4 nitrogen and oxygen atoms in total. The van der Waals surface area contributed by atoms with E-state index in [1.165, 1.54) is 0 Å².